The lowest BCUT2D eigenvalue weighted by Crippen LogP contribution is -2.46. The first-order valence-electron chi connectivity index (χ1n) is 5.53. The molecular weight excluding hydrogens is 226 g/mol. The van der Waals surface area contributed by atoms with Gasteiger partial charge in [0.1, 0.15) is 6.04 Å². The van der Waals surface area contributed by atoms with Gasteiger partial charge in [-0.3, -0.25) is 14.4 Å². The predicted molar refractivity (Wildman–Crippen MR) is 56.4 cm³/mol. The van der Waals surface area contributed by atoms with E-state index in [0.29, 0.717) is 0 Å². The molecule has 3 unspecified atom stereocenters. The van der Waals surface area contributed by atoms with Crippen molar-refractivity contribution < 1.29 is 19.5 Å². The standard InChI is InChI=1S/C10H15N3O4/c11-9(16)7-2-6(14)4-13(7)10(17)5-1-8(15)12-3-5/h5-7,14H,1-4H2,(H2,11,16)(H,12,15). The Bertz CT molecular complexity index is 371. The summed E-state index contributed by atoms with van der Waals surface area (Å²) in [5.41, 5.74) is 5.19. The van der Waals surface area contributed by atoms with Crippen LogP contribution in [-0.2, 0) is 14.4 Å². The third-order valence-corrected chi connectivity index (χ3v) is 3.22. The molecule has 0 aromatic carbocycles. The molecule has 0 radical (unpaired) electrons. The summed E-state index contributed by atoms with van der Waals surface area (Å²) in [5.74, 6) is -1.52. The number of aliphatic hydroxyl groups is 1. The van der Waals surface area contributed by atoms with Crippen molar-refractivity contribution >= 4 is 17.7 Å². The van der Waals surface area contributed by atoms with E-state index in [0.717, 1.165) is 0 Å². The van der Waals surface area contributed by atoms with Crippen molar-refractivity contribution in [3.8, 4) is 0 Å². The fourth-order valence-electron chi connectivity index (χ4n) is 2.34. The number of hydrogen-bond acceptors (Lipinski definition) is 4. The first-order valence-corrected chi connectivity index (χ1v) is 5.53. The van der Waals surface area contributed by atoms with Crippen molar-refractivity contribution in [2.45, 2.75) is 25.0 Å². The number of primary amides is 1. The van der Waals surface area contributed by atoms with Gasteiger partial charge in [0.15, 0.2) is 0 Å². The molecular formula is C10H15N3O4. The van der Waals surface area contributed by atoms with E-state index in [1.165, 1.54) is 4.90 Å². The zero-order valence-corrected chi connectivity index (χ0v) is 9.26. The molecule has 2 saturated heterocycles. The molecule has 0 saturated carbocycles. The number of carbonyl (C=O) groups is 3. The number of β-amino-alcohol motifs (C(OH)–C–C–N with tert-alkyl or cyclic N) is 1. The molecule has 2 rings (SSSR count). The van der Waals surface area contributed by atoms with E-state index < -0.39 is 24.0 Å². The van der Waals surface area contributed by atoms with Crippen LogP contribution in [0.2, 0.25) is 0 Å². The number of nitrogens with two attached hydrogens (primary N) is 1. The van der Waals surface area contributed by atoms with Crippen LogP contribution in [0.25, 0.3) is 0 Å². The van der Waals surface area contributed by atoms with Gasteiger partial charge in [0, 0.05) is 25.9 Å². The summed E-state index contributed by atoms with van der Waals surface area (Å²) in [4.78, 5) is 35.6. The summed E-state index contributed by atoms with van der Waals surface area (Å²) in [6.45, 7) is 0.396. The van der Waals surface area contributed by atoms with Gasteiger partial charge in [0.2, 0.25) is 17.7 Å². The number of rotatable bonds is 2. The molecule has 94 valence electrons. The fraction of sp³-hybridized carbons (Fsp3) is 0.700. The summed E-state index contributed by atoms with van der Waals surface area (Å²) in [6.07, 6.45) is -0.409. The van der Waals surface area contributed by atoms with Gasteiger partial charge in [-0.2, -0.15) is 0 Å². The van der Waals surface area contributed by atoms with Crippen LogP contribution >= 0.6 is 0 Å². The van der Waals surface area contributed by atoms with E-state index >= 15 is 0 Å². The molecule has 2 aliphatic rings. The molecule has 0 aromatic rings. The van der Waals surface area contributed by atoms with Crippen LogP contribution in [0, 0.1) is 5.92 Å². The molecule has 17 heavy (non-hydrogen) atoms. The molecule has 3 atom stereocenters. The fourth-order valence-corrected chi connectivity index (χ4v) is 2.34. The second-order valence-corrected chi connectivity index (χ2v) is 4.50. The average Bonchev–Trinajstić information content (AvgIpc) is 2.83. The number of nitrogens with zero attached hydrogens (tertiary/aromatic N) is 1. The zero-order chi connectivity index (χ0) is 12.6. The largest absolute Gasteiger partial charge is 0.391 e. The monoisotopic (exact) mass is 241 g/mol. The number of carbonyl (C=O) groups excluding carboxylic acids is 3. The summed E-state index contributed by atoms with van der Waals surface area (Å²) in [5, 5.41) is 12.0. The van der Waals surface area contributed by atoms with E-state index in [1.54, 1.807) is 0 Å². The number of likely N-dealkylation sites (tertiary alicyclic amines) is 1. The van der Waals surface area contributed by atoms with Crippen LogP contribution in [0.15, 0.2) is 0 Å². The van der Waals surface area contributed by atoms with Crippen molar-refractivity contribution in [3.05, 3.63) is 0 Å². The van der Waals surface area contributed by atoms with E-state index in [4.69, 9.17) is 5.73 Å². The molecule has 4 N–H and O–H groups in total. The first-order chi connectivity index (χ1) is 7.99. The van der Waals surface area contributed by atoms with E-state index in [1.807, 2.05) is 0 Å². The molecule has 2 fully saturated rings. The van der Waals surface area contributed by atoms with E-state index in [9.17, 15) is 19.5 Å². The van der Waals surface area contributed by atoms with E-state index in [-0.39, 0.29) is 37.7 Å². The lowest BCUT2D eigenvalue weighted by molar-refractivity contribution is -0.140. The minimum Gasteiger partial charge on any atom is -0.391 e. The van der Waals surface area contributed by atoms with E-state index in [2.05, 4.69) is 5.32 Å². The summed E-state index contributed by atoms with van der Waals surface area (Å²) < 4.78 is 0. The molecule has 0 spiro atoms. The maximum Gasteiger partial charge on any atom is 0.240 e. The maximum absolute atomic E-state index is 12.1. The molecule has 2 aliphatic heterocycles. The molecule has 0 aliphatic carbocycles. The summed E-state index contributed by atoms with van der Waals surface area (Å²) in [6, 6.07) is -0.756. The Hall–Kier alpha value is -1.63. The van der Waals surface area contributed by atoms with Crippen molar-refractivity contribution in [2.75, 3.05) is 13.1 Å². The highest BCUT2D eigenvalue weighted by molar-refractivity contribution is 5.92. The molecule has 2 heterocycles. The van der Waals surface area contributed by atoms with Gasteiger partial charge >= 0.3 is 0 Å². The summed E-state index contributed by atoms with van der Waals surface area (Å²) in [7, 11) is 0. The molecule has 3 amide bonds. The number of amides is 3. The van der Waals surface area contributed by atoms with Crippen LogP contribution in [0.1, 0.15) is 12.8 Å². The maximum atomic E-state index is 12.1. The zero-order valence-electron chi connectivity index (χ0n) is 9.26. The SMILES string of the molecule is NC(=O)C1CC(O)CN1C(=O)C1CNC(=O)C1. The Kier molecular flexibility index (Phi) is 3.01. The Balaban J connectivity index is 2.07. The lowest BCUT2D eigenvalue weighted by Gasteiger charge is -2.24. The third kappa shape index (κ3) is 2.23. The minimum atomic E-state index is -0.756. The second-order valence-electron chi connectivity index (χ2n) is 4.50. The van der Waals surface area contributed by atoms with Gasteiger partial charge in [-0.1, -0.05) is 0 Å². The van der Waals surface area contributed by atoms with Gasteiger partial charge in [0.25, 0.3) is 0 Å². The first kappa shape index (κ1) is 11.8. The van der Waals surface area contributed by atoms with Crippen molar-refractivity contribution in [1.29, 1.82) is 0 Å². The van der Waals surface area contributed by atoms with Crippen LogP contribution in [0.4, 0.5) is 0 Å². The smallest absolute Gasteiger partial charge is 0.240 e. The third-order valence-electron chi connectivity index (χ3n) is 3.22. The van der Waals surface area contributed by atoms with Crippen LogP contribution in [0.5, 0.6) is 0 Å². The Morgan fingerprint density at radius 1 is 1.47 bits per heavy atom. The van der Waals surface area contributed by atoms with Gasteiger partial charge in [-0.15, -0.1) is 0 Å². The van der Waals surface area contributed by atoms with Crippen molar-refractivity contribution in [3.63, 3.8) is 0 Å². The highest BCUT2D eigenvalue weighted by Crippen LogP contribution is 2.22. The highest BCUT2D eigenvalue weighted by atomic mass is 16.3. The minimum absolute atomic E-state index is 0.108. The quantitative estimate of drug-likeness (QED) is 0.499. The van der Waals surface area contributed by atoms with Gasteiger partial charge in [-0.05, 0) is 0 Å². The van der Waals surface area contributed by atoms with Crippen LogP contribution in [-0.4, -0.2) is 53.0 Å². The number of hydrogen-bond donors (Lipinski definition) is 3. The number of nitrogens with one attached hydrogen (secondary N) is 1. The number of aliphatic hydroxyl groups excluding tert-OH is 1. The molecule has 0 bridgehead atoms. The van der Waals surface area contributed by atoms with Gasteiger partial charge < -0.3 is 21.1 Å². The van der Waals surface area contributed by atoms with Crippen molar-refractivity contribution in [1.82, 2.24) is 10.2 Å². The predicted octanol–water partition coefficient (Wildman–Crippen LogP) is -2.43. The highest BCUT2D eigenvalue weighted by Gasteiger charge is 2.41. The second kappa shape index (κ2) is 4.33. The Labute approximate surface area is 97.9 Å². The molecule has 7 nitrogen and oxygen atoms in total. The molecule has 0 aromatic heterocycles. The van der Waals surface area contributed by atoms with Gasteiger partial charge in [0.05, 0.1) is 12.0 Å². The van der Waals surface area contributed by atoms with Crippen molar-refractivity contribution in [2.24, 2.45) is 11.7 Å². The topological polar surface area (TPSA) is 113 Å². The van der Waals surface area contributed by atoms with Crippen LogP contribution < -0.4 is 11.1 Å². The Morgan fingerprint density at radius 3 is 2.71 bits per heavy atom. The average molecular weight is 241 g/mol. The lowest BCUT2D eigenvalue weighted by atomic mass is 10.1. The normalized spacial score (nSPS) is 32.6. The van der Waals surface area contributed by atoms with Crippen LogP contribution in [0.3, 0.4) is 0 Å². The molecule has 7 heteroatoms. The summed E-state index contributed by atoms with van der Waals surface area (Å²) >= 11 is 0. The Morgan fingerprint density at radius 2 is 2.18 bits per heavy atom. The van der Waals surface area contributed by atoms with Gasteiger partial charge in [-0.25, -0.2) is 0 Å².